The first-order chi connectivity index (χ1) is 11.1. The molecule has 1 aliphatic heterocycles. The summed E-state index contributed by atoms with van der Waals surface area (Å²) in [5.74, 6) is -0.362. The molecule has 2 rings (SSSR count). The second-order valence-electron chi connectivity index (χ2n) is 6.42. The molecule has 2 atom stereocenters. The molecule has 1 aromatic rings. The second-order valence-corrected chi connectivity index (χ2v) is 6.42. The van der Waals surface area contributed by atoms with E-state index in [-0.39, 0.29) is 17.3 Å². The van der Waals surface area contributed by atoms with Crippen LogP contribution in [0.25, 0.3) is 0 Å². The van der Waals surface area contributed by atoms with Crippen molar-refractivity contribution in [1.82, 2.24) is 0 Å². The molecule has 0 aliphatic carbocycles. The summed E-state index contributed by atoms with van der Waals surface area (Å²) in [6.07, 6.45) is 2.63. The Morgan fingerprint density at radius 3 is 2.65 bits per heavy atom. The molecule has 23 heavy (non-hydrogen) atoms. The van der Waals surface area contributed by atoms with Crippen molar-refractivity contribution in [3.63, 3.8) is 0 Å². The van der Waals surface area contributed by atoms with Gasteiger partial charge in [0.1, 0.15) is 0 Å². The van der Waals surface area contributed by atoms with Crippen molar-refractivity contribution >= 4 is 5.97 Å². The zero-order valence-corrected chi connectivity index (χ0v) is 14.5. The van der Waals surface area contributed by atoms with Crippen LogP contribution in [0.15, 0.2) is 24.3 Å². The molecule has 2 unspecified atom stereocenters. The Balaban J connectivity index is 2.12. The fourth-order valence-electron chi connectivity index (χ4n) is 3.11. The van der Waals surface area contributed by atoms with Crippen LogP contribution in [0, 0.1) is 0 Å². The lowest BCUT2D eigenvalue weighted by Gasteiger charge is -2.23. The molecule has 0 aromatic heterocycles. The molecule has 0 amide bonds. The van der Waals surface area contributed by atoms with Gasteiger partial charge in [-0.3, -0.25) is 4.79 Å². The fourth-order valence-corrected chi connectivity index (χ4v) is 3.11. The van der Waals surface area contributed by atoms with Crippen LogP contribution in [-0.2, 0) is 24.4 Å². The molecule has 4 nitrogen and oxygen atoms in total. The van der Waals surface area contributed by atoms with Crippen molar-refractivity contribution in [3.05, 3.63) is 35.4 Å². The number of benzene rings is 1. The molecule has 1 saturated heterocycles. The quantitative estimate of drug-likeness (QED) is 0.544. The summed E-state index contributed by atoms with van der Waals surface area (Å²) in [5.41, 5.74) is 2.39. The van der Waals surface area contributed by atoms with Gasteiger partial charge in [-0.05, 0) is 37.3 Å². The standard InChI is InChI=1S/C19H28O4/c1-4-23-18(20)17(6-5-12-21-3)15-7-9-16(10-8-15)19(2)11-13-22-14-19/h7-10,17H,4-6,11-14H2,1-3H3. The average Bonchev–Trinajstić information content (AvgIpc) is 3.00. The number of hydrogen-bond donors (Lipinski definition) is 0. The number of rotatable bonds is 8. The molecule has 0 bridgehead atoms. The molecule has 0 N–H and O–H groups in total. The fraction of sp³-hybridized carbons (Fsp3) is 0.632. The third-order valence-corrected chi connectivity index (χ3v) is 4.64. The predicted octanol–water partition coefficient (Wildman–Crippen LogP) is 3.44. The first kappa shape index (κ1) is 18.0. The maximum Gasteiger partial charge on any atom is 0.313 e. The number of carbonyl (C=O) groups excluding carboxylic acids is 1. The molecule has 0 radical (unpaired) electrons. The Morgan fingerprint density at radius 2 is 2.09 bits per heavy atom. The van der Waals surface area contributed by atoms with Crippen LogP contribution in [0.1, 0.15) is 50.2 Å². The summed E-state index contributed by atoms with van der Waals surface area (Å²) in [4.78, 5) is 12.3. The molecular weight excluding hydrogens is 292 g/mol. The maximum absolute atomic E-state index is 12.3. The van der Waals surface area contributed by atoms with Crippen molar-refractivity contribution in [3.8, 4) is 0 Å². The summed E-state index contributed by atoms with van der Waals surface area (Å²) < 4.78 is 15.9. The Morgan fingerprint density at radius 1 is 1.35 bits per heavy atom. The van der Waals surface area contributed by atoms with Gasteiger partial charge in [0.15, 0.2) is 0 Å². The highest BCUT2D eigenvalue weighted by molar-refractivity contribution is 5.78. The first-order valence-corrected chi connectivity index (χ1v) is 8.44. The molecule has 1 fully saturated rings. The van der Waals surface area contributed by atoms with Crippen LogP contribution in [0.2, 0.25) is 0 Å². The monoisotopic (exact) mass is 320 g/mol. The summed E-state index contributed by atoms with van der Waals surface area (Å²) in [7, 11) is 1.68. The van der Waals surface area contributed by atoms with Gasteiger partial charge in [0.25, 0.3) is 0 Å². The van der Waals surface area contributed by atoms with E-state index in [1.165, 1.54) is 5.56 Å². The topological polar surface area (TPSA) is 44.8 Å². The van der Waals surface area contributed by atoms with E-state index in [1.54, 1.807) is 7.11 Å². The Bertz CT molecular complexity index is 489. The first-order valence-electron chi connectivity index (χ1n) is 8.44. The second kappa shape index (κ2) is 8.46. The average molecular weight is 320 g/mol. The normalized spacial score (nSPS) is 22.0. The zero-order chi connectivity index (χ0) is 16.7. The van der Waals surface area contributed by atoms with Crippen LogP contribution in [0.3, 0.4) is 0 Å². The van der Waals surface area contributed by atoms with E-state index >= 15 is 0 Å². The minimum Gasteiger partial charge on any atom is -0.466 e. The van der Waals surface area contributed by atoms with Gasteiger partial charge in [-0.2, -0.15) is 0 Å². The highest BCUT2D eigenvalue weighted by atomic mass is 16.5. The Kier molecular flexibility index (Phi) is 6.60. The smallest absolute Gasteiger partial charge is 0.313 e. The van der Waals surface area contributed by atoms with E-state index < -0.39 is 0 Å². The molecule has 1 heterocycles. The van der Waals surface area contributed by atoms with Crippen molar-refractivity contribution < 1.29 is 19.0 Å². The summed E-state index contributed by atoms with van der Waals surface area (Å²) in [6.45, 7) is 6.73. The van der Waals surface area contributed by atoms with E-state index in [1.807, 2.05) is 6.92 Å². The summed E-state index contributed by atoms with van der Waals surface area (Å²) in [6, 6.07) is 8.39. The minimum atomic E-state index is -0.216. The lowest BCUT2D eigenvalue weighted by Crippen LogP contribution is -2.22. The van der Waals surface area contributed by atoms with Gasteiger partial charge in [-0.1, -0.05) is 31.2 Å². The maximum atomic E-state index is 12.3. The van der Waals surface area contributed by atoms with Gasteiger partial charge in [0.05, 0.1) is 19.1 Å². The highest BCUT2D eigenvalue weighted by Crippen LogP contribution is 2.34. The summed E-state index contributed by atoms with van der Waals surface area (Å²) in [5, 5.41) is 0. The lowest BCUT2D eigenvalue weighted by molar-refractivity contribution is -0.145. The van der Waals surface area contributed by atoms with Crippen molar-refractivity contribution in [2.75, 3.05) is 33.5 Å². The number of ether oxygens (including phenoxy) is 3. The van der Waals surface area contributed by atoms with Gasteiger partial charge >= 0.3 is 5.97 Å². The highest BCUT2D eigenvalue weighted by Gasteiger charge is 2.32. The van der Waals surface area contributed by atoms with E-state index in [2.05, 4.69) is 31.2 Å². The molecule has 0 spiro atoms. The predicted molar refractivity (Wildman–Crippen MR) is 89.7 cm³/mol. The van der Waals surface area contributed by atoms with Crippen molar-refractivity contribution in [2.45, 2.75) is 44.4 Å². The van der Waals surface area contributed by atoms with Crippen LogP contribution in [0.4, 0.5) is 0 Å². The summed E-state index contributed by atoms with van der Waals surface area (Å²) >= 11 is 0. The van der Waals surface area contributed by atoms with Gasteiger partial charge in [0.2, 0.25) is 0 Å². The van der Waals surface area contributed by atoms with E-state index in [9.17, 15) is 4.79 Å². The third kappa shape index (κ3) is 4.55. The molecule has 0 saturated carbocycles. The van der Waals surface area contributed by atoms with Crippen LogP contribution >= 0.6 is 0 Å². The van der Waals surface area contributed by atoms with Gasteiger partial charge in [-0.15, -0.1) is 0 Å². The van der Waals surface area contributed by atoms with E-state index in [4.69, 9.17) is 14.2 Å². The van der Waals surface area contributed by atoms with Crippen molar-refractivity contribution in [1.29, 1.82) is 0 Å². The lowest BCUT2D eigenvalue weighted by atomic mass is 9.81. The van der Waals surface area contributed by atoms with Crippen LogP contribution in [0.5, 0.6) is 0 Å². The van der Waals surface area contributed by atoms with Gasteiger partial charge in [0, 0.05) is 25.7 Å². The zero-order valence-electron chi connectivity index (χ0n) is 14.5. The number of carbonyl (C=O) groups is 1. The third-order valence-electron chi connectivity index (χ3n) is 4.64. The molecule has 1 aromatic carbocycles. The molecular formula is C19H28O4. The van der Waals surface area contributed by atoms with Crippen molar-refractivity contribution in [2.24, 2.45) is 0 Å². The van der Waals surface area contributed by atoms with Crippen LogP contribution in [-0.4, -0.2) is 39.5 Å². The van der Waals surface area contributed by atoms with E-state index in [0.29, 0.717) is 13.2 Å². The van der Waals surface area contributed by atoms with Gasteiger partial charge in [-0.25, -0.2) is 0 Å². The van der Waals surface area contributed by atoms with E-state index in [0.717, 1.165) is 38.0 Å². The Hall–Kier alpha value is -1.39. The number of esters is 1. The molecule has 1 aliphatic rings. The van der Waals surface area contributed by atoms with Crippen LogP contribution < -0.4 is 0 Å². The van der Waals surface area contributed by atoms with Gasteiger partial charge < -0.3 is 14.2 Å². The minimum absolute atomic E-state index is 0.0913. The Labute approximate surface area is 139 Å². The number of methoxy groups -OCH3 is 1. The number of hydrogen-bond acceptors (Lipinski definition) is 4. The largest absolute Gasteiger partial charge is 0.466 e. The molecule has 4 heteroatoms. The SMILES string of the molecule is CCOC(=O)C(CCCOC)c1ccc(C2(C)CCOC2)cc1. The molecule has 128 valence electrons.